The first-order valence-corrected chi connectivity index (χ1v) is 21.5. The first-order valence-electron chi connectivity index (χ1n) is 19.3. The van der Waals surface area contributed by atoms with Gasteiger partial charge in [0, 0.05) is 31.1 Å². The molecular weight excluding hydrogens is 737 g/mol. The van der Waals surface area contributed by atoms with Gasteiger partial charge in [0.25, 0.3) is 0 Å². The first-order chi connectivity index (χ1) is 26.4. The molecule has 0 saturated carbocycles. The number of rotatable bonds is 9. The Bertz CT molecular complexity index is 2240. The lowest BCUT2D eigenvalue weighted by molar-refractivity contribution is 0.0122. The van der Waals surface area contributed by atoms with Crippen molar-refractivity contribution >= 4 is 41.7 Å². The normalized spacial score (nSPS) is 17.3. The number of benzene rings is 2. The first kappa shape index (κ1) is 40.9. The van der Waals surface area contributed by atoms with Gasteiger partial charge in [-0.1, -0.05) is 53.5 Å². The summed E-state index contributed by atoms with van der Waals surface area (Å²) in [5.74, 6) is 2.39. The van der Waals surface area contributed by atoms with E-state index < -0.39 is 37.1 Å². The van der Waals surface area contributed by atoms with E-state index in [9.17, 15) is 9.59 Å². The van der Waals surface area contributed by atoms with E-state index in [1.165, 1.54) is 20.3 Å². The van der Waals surface area contributed by atoms with E-state index in [4.69, 9.17) is 23.9 Å². The number of aromatic amines is 1. The number of nitrogens with zero attached hydrogens (tertiary/aromatic N) is 4. The second-order valence-electron chi connectivity index (χ2n) is 16.8. The van der Waals surface area contributed by atoms with Gasteiger partial charge in [-0.15, -0.1) is 5.54 Å². The maximum absolute atomic E-state index is 17.3. The quantitative estimate of drug-likeness (QED) is 0.101. The van der Waals surface area contributed by atoms with Crippen molar-refractivity contribution in [3.63, 3.8) is 0 Å². The number of amides is 1. The number of carbonyl (C=O) groups excluding carboxylic acids is 1. The number of carbonyl (C=O) groups is 1. The molecule has 2 atom stereocenters. The summed E-state index contributed by atoms with van der Waals surface area (Å²) in [5, 5.41) is 1.07. The van der Waals surface area contributed by atoms with Gasteiger partial charge in [-0.3, -0.25) is 4.90 Å². The van der Waals surface area contributed by atoms with Crippen LogP contribution < -0.4 is 20.1 Å². The van der Waals surface area contributed by atoms with Gasteiger partial charge in [0.05, 0.1) is 30.3 Å². The summed E-state index contributed by atoms with van der Waals surface area (Å²) in [7, 11) is 0.569. The highest BCUT2D eigenvalue weighted by Gasteiger charge is 2.45. The van der Waals surface area contributed by atoms with Crippen molar-refractivity contribution in [1.82, 2.24) is 19.9 Å². The number of fused-ring (bicyclic) bond motifs is 4. The van der Waals surface area contributed by atoms with E-state index >= 15 is 8.78 Å². The number of pyridine rings is 1. The monoisotopic (exact) mass is 789 g/mol. The van der Waals surface area contributed by atoms with E-state index in [0.29, 0.717) is 46.2 Å². The molecule has 2 saturated heterocycles. The number of hydrogen-bond donors (Lipinski definition) is 1. The molecule has 4 heterocycles. The number of halogens is 2. The van der Waals surface area contributed by atoms with Crippen LogP contribution in [0.1, 0.15) is 80.7 Å². The number of ether oxygens (including phenoxy) is 4. The number of methoxy groups -OCH3 is 2. The molecule has 2 aromatic heterocycles. The molecule has 2 fully saturated rings. The molecule has 2 bridgehead atoms. The van der Waals surface area contributed by atoms with Crippen molar-refractivity contribution in [1.29, 1.82) is 0 Å². The van der Waals surface area contributed by atoms with Crippen LogP contribution in [0.25, 0.3) is 32.9 Å². The average molecular weight is 790 g/mol. The van der Waals surface area contributed by atoms with Crippen molar-refractivity contribution in [2.75, 3.05) is 39.0 Å². The van der Waals surface area contributed by atoms with E-state index in [-0.39, 0.29) is 58.3 Å². The fraction of sp³-hybridized carbons (Fsp3) is 0.524. The van der Waals surface area contributed by atoms with Gasteiger partial charge in [0.1, 0.15) is 42.1 Å². The molecule has 2 aromatic carbocycles. The second-order valence-corrected chi connectivity index (χ2v) is 22.3. The Morgan fingerprint density at radius 3 is 2.20 bits per heavy atom. The van der Waals surface area contributed by atoms with Crippen molar-refractivity contribution in [3.05, 3.63) is 51.9 Å². The Morgan fingerprint density at radius 2 is 1.62 bits per heavy atom. The standard InChI is InChI=1S/C42H53F2N5O6Si/c1-23(2)56(24(3)4,25(5)6)17-16-30-32(43)15-12-26-18-29(54-22-52-10)19-31(33(26)30)36-35(44)37-34(39(45-36)53-11)38(47-40(50)46-37)48-20-27-13-14-28(21-48)49(27)41(51)55-42(7,8)9/h12,15,18-19,23-25,27-28H,13-14,20-22H2,1-11H3,(H,46,47,50). The highest BCUT2D eigenvalue weighted by atomic mass is 28.3. The zero-order valence-corrected chi connectivity index (χ0v) is 35.2. The van der Waals surface area contributed by atoms with Gasteiger partial charge >= 0.3 is 11.8 Å². The number of piperazine rings is 1. The van der Waals surface area contributed by atoms with E-state index in [2.05, 4.69) is 63.0 Å². The predicted molar refractivity (Wildman–Crippen MR) is 217 cm³/mol. The number of anilines is 1. The molecule has 1 N–H and O–H groups in total. The second kappa shape index (κ2) is 15.7. The minimum atomic E-state index is -2.32. The summed E-state index contributed by atoms with van der Waals surface area (Å²) in [6.45, 7) is 19.2. The van der Waals surface area contributed by atoms with Crippen molar-refractivity contribution < 1.29 is 32.5 Å². The van der Waals surface area contributed by atoms with Crippen LogP contribution in [-0.4, -0.2) is 85.8 Å². The minimum absolute atomic E-state index is 0.00307. The summed E-state index contributed by atoms with van der Waals surface area (Å²) in [6.07, 6.45) is 1.08. The highest BCUT2D eigenvalue weighted by molar-refractivity contribution is 6.90. The Hall–Kier alpha value is -4.74. The van der Waals surface area contributed by atoms with Crippen molar-refractivity contribution in [2.45, 2.75) is 109 Å². The largest absolute Gasteiger partial charge is 0.480 e. The predicted octanol–water partition coefficient (Wildman–Crippen LogP) is 8.57. The van der Waals surface area contributed by atoms with Crippen LogP contribution in [0.4, 0.5) is 19.4 Å². The fourth-order valence-electron chi connectivity index (χ4n) is 8.93. The third-order valence-corrected chi connectivity index (χ3v) is 17.5. The third kappa shape index (κ3) is 7.43. The van der Waals surface area contributed by atoms with Crippen LogP contribution in [0.15, 0.2) is 29.1 Å². The maximum atomic E-state index is 17.3. The molecule has 0 radical (unpaired) electrons. The molecule has 2 aliphatic rings. The lowest BCUT2D eigenvalue weighted by Gasteiger charge is -2.42. The molecule has 56 heavy (non-hydrogen) atoms. The van der Waals surface area contributed by atoms with E-state index in [1.54, 1.807) is 23.1 Å². The molecule has 14 heteroatoms. The van der Waals surface area contributed by atoms with Crippen molar-refractivity contribution in [2.24, 2.45) is 0 Å². The SMILES string of the molecule is COCOc1cc(-c2nc(OC)c3c(N4CC5CCC(C4)N5C(=O)OC(C)(C)C)nc(=O)[nH]c3c2F)c2c(C#C[Si](C(C)C)(C(C)C)C(C)C)c(F)ccc2c1. The maximum Gasteiger partial charge on any atom is 0.410 e. The zero-order chi connectivity index (χ0) is 40.9. The van der Waals surface area contributed by atoms with Crippen LogP contribution in [-0.2, 0) is 9.47 Å². The van der Waals surface area contributed by atoms with Crippen LogP contribution in [0.3, 0.4) is 0 Å². The summed E-state index contributed by atoms with van der Waals surface area (Å²) in [6, 6.07) is 5.85. The Labute approximate surface area is 328 Å². The number of hydrogen-bond acceptors (Lipinski definition) is 9. The molecular formula is C42H53F2N5O6Si. The van der Waals surface area contributed by atoms with Crippen LogP contribution in [0.2, 0.25) is 16.6 Å². The fourth-order valence-corrected chi connectivity index (χ4v) is 14.1. The number of aromatic nitrogens is 3. The lowest BCUT2D eigenvalue weighted by atomic mass is 9.95. The summed E-state index contributed by atoms with van der Waals surface area (Å²) in [4.78, 5) is 41.8. The molecule has 300 valence electrons. The zero-order valence-electron chi connectivity index (χ0n) is 34.2. The molecule has 0 aliphatic carbocycles. The summed E-state index contributed by atoms with van der Waals surface area (Å²) >= 11 is 0. The lowest BCUT2D eigenvalue weighted by Crippen LogP contribution is -2.57. The topological polar surface area (TPSA) is 119 Å². The number of nitrogens with one attached hydrogen (secondary N) is 1. The Morgan fingerprint density at radius 1 is 0.982 bits per heavy atom. The van der Waals surface area contributed by atoms with Crippen molar-refractivity contribution in [3.8, 4) is 34.4 Å². The Balaban J connectivity index is 1.56. The van der Waals surface area contributed by atoms with E-state index in [0.717, 1.165) is 12.8 Å². The number of H-pyrrole nitrogens is 1. The molecule has 6 rings (SSSR count). The average Bonchev–Trinajstić information content (AvgIpc) is 3.39. The molecule has 2 unspecified atom stereocenters. The molecule has 1 amide bonds. The van der Waals surface area contributed by atoms with Gasteiger partial charge in [-0.25, -0.2) is 23.4 Å². The highest BCUT2D eigenvalue weighted by Crippen LogP contribution is 2.44. The van der Waals surface area contributed by atoms with Gasteiger partial charge in [-0.05, 0) is 73.8 Å². The summed E-state index contributed by atoms with van der Waals surface area (Å²) < 4.78 is 56.0. The molecule has 2 aliphatic heterocycles. The van der Waals surface area contributed by atoms with Gasteiger partial charge < -0.3 is 28.8 Å². The van der Waals surface area contributed by atoms with Gasteiger partial charge in [0.2, 0.25) is 5.88 Å². The smallest absolute Gasteiger partial charge is 0.410 e. The van der Waals surface area contributed by atoms with Gasteiger partial charge in [-0.2, -0.15) is 4.98 Å². The molecule has 11 nitrogen and oxygen atoms in total. The van der Waals surface area contributed by atoms with Crippen LogP contribution >= 0.6 is 0 Å². The Kier molecular flexibility index (Phi) is 11.4. The molecule has 0 spiro atoms. The summed E-state index contributed by atoms with van der Waals surface area (Å²) in [5.41, 5.74) is 3.02. The minimum Gasteiger partial charge on any atom is -0.480 e. The van der Waals surface area contributed by atoms with Gasteiger partial charge in [0.15, 0.2) is 12.6 Å². The van der Waals surface area contributed by atoms with E-state index in [1.807, 2.05) is 25.7 Å². The van der Waals surface area contributed by atoms with Crippen LogP contribution in [0.5, 0.6) is 11.6 Å². The van der Waals surface area contributed by atoms with Crippen LogP contribution in [0, 0.1) is 23.1 Å². The molecule has 4 aromatic rings. The third-order valence-electron chi connectivity index (χ3n) is 11.3.